The summed E-state index contributed by atoms with van der Waals surface area (Å²) < 4.78 is 0. The van der Waals surface area contributed by atoms with Crippen LogP contribution >= 0.6 is 0 Å². The Bertz CT molecular complexity index is 292. The van der Waals surface area contributed by atoms with E-state index in [1.807, 2.05) is 32.4 Å². The zero-order valence-electron chi connectivity index (χ0n) is 8.87. The van der Waals surface area contributed by atoms with Crippen molar-refractivity contribution in [1.82, 2.24) is 5.32 Å². The van der Waals surface area contributed by atoms with Crippen LogP contribution in [0.4, 0.5) is 0 Å². The smallest absolute Gasteiger partial charge is 0.348 e. The van der Waals surface area contributed by atoms with Crippen molar-refractivity contribution >= 4 is 12.1 Å². The van der Waals surface area contributed by atoms with Crippen molar-refractivity contribution in [2.45, 2.75) is 13.8 Å². The van der Waals surface area contributed by atoms with E-state index >= 15 is 0 Å². The molecule has 1 amide bonds. The molecule has 0 radical (unpaired) electrons. The van der Waals surface area contributed by atoms with Gasteiger partial charge in [0.2, 0.25) is 0 Å². The van der Waals surface area contributed by atoms with Crippen LogP contribution in [0.2, 0.25) is 0 Å². The zero-order chi connectivity index (χ0) is 9.68. The first-order chi connectivity index (χ1) is 6.38. The molecule has 1 N–H and O–H groups in total. The van der Waals surface area contributed by atoms with Gasteiger partial charge in [0.1, 0.15) is 5.70 Å². The number of nitrogens with zero attached hydrogens (tertiary/aromatic N) is 1. The SMILES string of the molecule is CC.O=C1NCC2=C1N=C[CH-]C=C2.[K+]. The number of aliphatic imine (C=N–C) groups is 1. The van der Waals surface area contributed by atoms with E-state index in [1.54, 1.807) is 6.21 Å². The Morgan fingerprint density at radius 2 is 2.21 bits per heavy atom. The molecular formula is C10H13KN2O. The summed E-state index contributed by atoms with van der Waals surface area (Å²) in [5, 5.41) is 2.70. The predicted octanol–water partition coefficient (Wildman–Crippen LogP) is -1.75. The van der Waals surface area contributed by atoms with Gasteiger partial charge in [-0.2, -0.15) is 6.42 Å². The van der Waals surface area contributed by atoms with Crippen LogP contribution in [0.5, 0.6) is 0 Å². The fourth-order valence-electron chi connectivity index (χ4n) is 1.11. The van der Waals surface area contributed by atoms with Gasteiger partial charge in [-0.1, -0.05) is 25.6 Å². The third kappa shape index (κ3) is 3.36. The molecule has 0 unspecified atom stereocenters. The number of carbonyl (C=O) groups excluding carboxylic acids is 1. The van der Waals surface area contributed by atoms with Gasteiger partial charge in [0.25, 0.3) is 5.91 Å². The summed E-state index contributed by atoms with van der Waals surface area (Å²) in [7, 11) is 0. The molecule has 0 saturated carbocycles. The molecule has 0 aromatic rings. The molecule has 2 aliphatic heterocycles. The molecule has 14 heavy (non-hydrogen) atoms. The first-order valence-electron chi connectivity index (χ1n) is 4.43. The number of allylic oxidation sites excluding steroid dienone is 1. The molecule has 3 nitrogen and oxygen atoms in total. The summed E-state index contributed by atoms with van der Waals surface area (Å²) in [6.07, 6.45) is 7.22. The van der Waals surface area contributed by atoms with E-state index in [1.165, 1.54) is 0 Å². The number of rotatable bonds is 0. The molecule has 0 atom stereocenters. The van der Waals surface area contributed by atoms with E-state index < -0.39 is 0 Å². The van der Waals surface area contributed by atoms with E-state index in [-0.39, 0.29) is 57.3 Å². The Labute approximate surface area is 127 Å². The summed E-state index contributed by atoms with van der Waals surface area (Å²) in [6.45, 7) is 4.61. The molecule has 0 bridgehead atoms. The first-order valence-corrected chi connectivity index (χ1v) is 4.43. The van der Waals surface area contributed by atoms with Crippen molar-refractivity contribution in [1.29, 1.82) is 0 Å². The van der Waals surface area contributed by atoms with Crippen LogP contribution in [-0.4, -0.2) is 18.7 Å². The average Bonchev–Trinajstić information content (AvgIpc) is 2.44. The molecular weight excluding hydrogens is 203 g/mol. The third-order valence-electron chi connectivity index (χ3n) is 1.66. The van der Waals surface area contributed by atoms with Gasteiger partial charge in [-0.3, -0.25) is 9.79 Å². The van der Waals surface area contributed by atoms with Crippen LogP contribution in [0.25, 0.3) is 0 Å². The van der Waals surface area contributed by atoms with Crippen LogP contribution < -0.4 is 56.7 Å². The summed E-state index contributed by atoms with van der Waals surface area (Å²) in [6, 6.07) is 0. The maximum Gasteiger partial charge on any atom is 1.00 e. The van der Waals surface area contributed by atoms with Gasteiger partial charge in [0.05, 0.1) is 0 Å². The Morgan fingerprint density at radius 3 is 2.93 bits per heavy atom. The molecule has 0 aromatic carbocycles. The van der Waals surface area contributed by atoms with E-state index in [2.05, 4.69) is 10.3 Å². The van der Waals surface area contributed by atoms with E-state index in [9.17, 15) is 4.79 Å². The van der Waals surface area contributed by atoms with Crippen molar-refractivity contribution in [2.75, 3.05) is 6.54 Å². The minimum absolute atomic E-state index is 0. The van der Waals surface area contributed by atoms with Gasteiger partial charge >= 0.3 is 51.4 Å². The zero-order valence-corrected chi connectivity index (χ0v) is 12.0. The monoisotopic (exact) mass is 216 g/mol. The average molecular weight is 216 g/mol. The molecule has 2 rings (SSSR count). The molecule has 0 spiro atoms. The maximum atomic E-state index is 11.0. The standard InChI is InChI=1S/C8H7N2O.C2H6.K/c11-8-7-6(5-10-8)3-1-2-4-9-7;1-2;/h1-4H,5H2,(H,10,11);1-2H3;/q-1;;+1. The molecule has 4 heteroatoms. The van der Waals surface area contributed by atoms with Crippen molar-refractivity contribution in [3.8, 4) is 0 Å². The van der Waals surface area contributed by atoms with Crippen LogP contribution in [0.1, 0.15) is 13.8 Å². The molecule has 0 aromatic heterocycles. The fourth-order valence-corrected chi connectivity index (χ4v) is 1.11. The molecule has 0 fully saturated rings. The van der Waals surface area contributed by atoms with Gasteiger partial charge < -0.3 is 5.32 Å². The quantitative estimate of drug-likeness (QED) is 0.378. The van der Waals surface area contributed by atoms with Crippen LogP contribution in [-0.2, 0) is 4.79 Å². The van der Waals surface area contributed by atoms with Crippen molar-refractivity contribution in [3.63, 3.8) is 0 Å². The Morgan fingerprint density at radius 1 is 1.50 bits per heavy atom. The Hall–Kier alpha value is 0.126. The molecule has 0 saturated heterocycles. The summed E-state index contributed by atoms with van der Waals surface area (Å²) in [5.74, 6) is -0.0730. The predicted molar refractivity (Wildman–Crippen MR) is 53.3 cm³/mol. The second-order valence-electron chi connectivity index (χ2n) is 2.39. The number of hydrogen-bond donors (Lipinski definition) is 1. The second kappa shape index (κ2) is 7.42. The van der Waals surface area contributed by atoms with Crippen LogP contribution in [0, 0.1) is 6.42 Å². The summed E-state index contributed by atoms with van der Waals surface area (Å²) in [5.41, 5.74) is 1.52. The summed E-state index contributed by atoms with van der Waals surface area (Å²) in [4.78, 5) is 15.0. The van der Waals surface area contributed by atoms with E-state index in [0.29, 0.717) is 12.2 Å². The first kappa shape index (κ1) is 14.1. The van der Waals surface area contributed by atoms with Crippen LogP contribution in [0.15, 0.2) is 28.4 Å². The minimum atomic E-state index is -0.0730. The molecule has 2 aliphatic rings. The third-order valence-corrected chi connectivity index (χ3v) is 1.66. The van der Waals surface area contributed by atoms with Gasteiger partial charge in [-0.05, 0) is 0 Å². The number of carbonyl (C=O) groups is 1. The second-order valence-corrected chi connectivity index (χ2v) is 2.39. The van der Waals surface area contributed by atoms with Gasteiger partial charge in [0.15, 0.2) is 0 Å². The molecule has 0 aliphatic carbocycles. The Balaban J connectivity index is 0.000000531. The van der Waals surface area contributed by atoms with E-state index in [0.717, 1.165) is 5.57 Å². The fraction of sp³-hybridized carbons (Fsp3) is 0.300. The molecule has 70 valence electrons. The topological polar surface area (TPSA) is 41.5 Å². The van der Waals surface area contributed by atoms with Crippen molar-refractivity contribution in [2.24, 2.45) is 4.99 Å². The van der Waals surface area contributed by atoms with Crippen molar-refractivity contribution in [3.05, 3.63) is 29.8 Å². The molecule has 2 heterocycles. The summed E-state index contributed by atoms with van der Waals surface area (Å²) >= 11 is 0. The van der Waals surface area contributed by atoms with Gasteiger partial charge in [-0.25, -0.2) is 12.2 Å². The van der Waals surface area contributed by atoms with Crippen LogP contribution in [0.3, 0.4) is 0 Å². The maximum absolute atomic E-state index is 11.0. The van der Waals surface area contributed by atoms with Gasteiger partial charge in [0, 0.05) is 6.54 Å². The normalized spacial score (nSPS) is 16.9. The number of amides is 1. The Kier molecular flexibility index (Phi) is 7.49. The number of hydrogen-bond acceptors (Lipinski definition) is 2. The van der Waals surface area contributed by atoms with E-state index in [4.69, 9.17) is 0 Å². The minimum Gasteiger partial charge on any atom is -0.348 e. The van der Waals surface area contributed by atoms with Crippen molar-refractivity contribution < 1.29 is 56.2 Å². The number of nitrogens with one attached hydrogen (secondary N) is 1. The largest absolute Gasteiger partial charge is 1.00 e. The van der Waals surface area contributed by atoms with Gasteiger partial charge in [-0.15, -0.1) is 0 Å².